The number of fused-ring (bicyclic) bond motifs is 1. The number of rotatable bonds is 7. The first-order chi connectivity index (χ1) is 13.8. The van der Waals surface area contributed by atoms with Crippen molar-refractivity contribution < 1.29 is 28.2 Å². The monoisotopic (exact) mass is 405 g/mol. The maximum atomic E-state index is 14.8. The molecule has 2 fully saturated rings. The van der Waals surface area contributed by atoms with E-state index in [9.17, 15) is 19.2 Å². The fraction of sp³-hybridized carbons (Fsp3) is 0.550. The van der Waals surface area contributed by atoms with Crippen molar-refractivity contribution in [2.24, 2.45) is 0 Å². The number of carbonyl (C=O) groups is 2. The van der Waals surface area contributed by atoms with Crippen LogP contribution in [-0.4, -0.2) is 48.6 Å². The molecule has 1 unspecified atom stereocenters. The zero-order valence-electron chi connectivity index (χ0n) is 16.7. The molecule has 0 aliphatic carbocycles. The summed E-state index contributed by atoms with van der Waals surface area (Å²) in [7, 11) is 0. The number of halogens is 1. The van der Waals surface area contributed by atoms with Gasteiger partial charge in [-0.3, -0.25) is 4.79 Å². The van der Waals surface area contributed by atoms with E-state index < -0.39 is 29.8 Å². The van der Waals surface area contributed by atoms with Gasteiger partial charge >= 0.3 is 12.0 Å². The van der Waals surface area contributed by atoms with Gasteiger partial charge in [0.2, 0.25) is 0 Å². The second kappa shape index (κ2) is 8.35. The molecule has 8 nitrogen and oxygen atoms in total. The van der Waals surface area contributed by atoms with E-state index in [1.54, 1.807) is 13.8 Å². The van der Waals surface area contributed by atoms with Crippen LogP contribution in [0.2, 0.25) is 0 Å². The summed E-state index contributed by atoms with van der Waals surface area (Å²) in [5.41, 5.74) is -0.354. The Hall–Kier alpha value is -2.70. The van der Waals surface area contributed by atoms with Crippen LogP contribution in [0.15, 0.2) is 12.1 Å². The molecule has 1 atom stereocenters. The molecule has 0 saturated carbocycles. The molecule has 1 aromatic carbocycles. The lowest BCUT2D eigenvalue weighted by molar-refractivity contribution is -0.328. The lowest BCUT2D eigenvalue weighted by Gasteiger charge is -2.30. The van der Waals surface area contributed by atoms with Crippen molar-refractivity contribution in [3.05, 3.63) is 23.5 Å². The number of carbonyl (C=O) groups excluding carboxylic acids is 2. The minimum Gasteiger partial charge on any atom is -0.438 e. The summed E-state index contributed by atoms with van der Waals surface area (Å²) in [6.07, 6.45) is 2.18. The Labute approximate surface area is 168 Å². The first kappa shape index (κ1) is 21.0. The first-order valence-corrected chi connectivity index (χ1v) is 9.70. The molecule has 2 aliphatic rings. The van der Waals surface area contributed by atoms with Gasteiger partial charge in [-0.2, -0.15) is 5.26 Å². The van der Waals surface area contributed by atoms with Crippen LogP contribution in [0, 0.1) is 17.1 Å². The molecule has 0 N–H and O–H groups in total. The standard InChI is InChI=1S/C20H24FN3O5/c1-4-27-20(3,28-5-2)29-17-11-16(14(21)10-13(17)12-22)24-18(25)15-8-6-7-9-23(15)19(24)26/h10-11,15H,4-9H2,1-3H3. The van der Waals surface area contributed by atoms with Gasteiger partial charge in [0.25, 0.3) is 5.91 Å². The molecule has 2 saturated heterocycles. The average molecular weight is 405 g/mol. The summed E-state index contributed by atoms with van der Waals surface area (Å²) in [5, 5.41) is 9.39. The van der Waals surface area contributed by atoms with Crippen molar-refractivity contribution in [2.75, 3.05) is 24.7 Å². The Morgan fingerprint density at radius 3 is 2.52 bits per heavy atom. The highest BCUT2D eigenvalue weighted by atomic mass is 19.1. The van der Waals surface area contributed by atoms with Gasteiger partial charge in [-0.25, -0.2) is 14.1 Å². The molecule has 2 aliphatic heterocycles. The molecule has 0 radical (unpaired) electrons. The molecule has 29 heavy (non-hydrogen) atoms. The van der Waals surface area contributed by atoms with E-state index in [1.807, 2.05) is 6.07 Å². The predicted octanol–water partition coefficient (Wildman–Crippen LogP) is 3.14. The molecule has 2 heterocycles. The van der Waals surface area contributed by atoms with E-state index in [4.69, 9.17) is 14.2 Å². The first-order valence-electron chi connectivity index (χ1n) is 9.70. The molecule has 0 aromatic heterocycles. The number of hydrogen-bond acceptors (Lipinski definition) is 6. The van der Waals surface area contributed by atoms with Gasteiger partial charge in [0.05, 0.1) is 24.5 Å². The molecule has 0 spiro atoms. The minimum atomic E-state index is -1.51. The van der Waals surface area contributed by atoms with Crippen LogP contribution in [0.25, 0.3) is 0 Å². The van der Waals surface area contributed by atoms with E-state index in [0.29, 0.717) is 13.0 Å². The molecular weight excluding hydrogens is 381 g/mol. The van der Waals surface area contributed by atoms with Crippen LogP contribution in [0.4, 0.5) is 14.9 Å². The predicted molar refractivity (Wildman–Crippen MR) is 101 cm³/mol. The number of imide groups is 1. The Bertz CT molecular complexity index is 823. The summed E-state index contributed by atoms with van der Waals surface area (Å²) in [4.78, 5) is 27.9. The average Bonchev–Trinajstić information content (AvgIpc) is 2.94. The highest BCUT2D eigenvalue weighted by Gasteiger charge is 2.47. The van der Waals surface area contributed by atoms with Gasteiger partial charge in [0.15, 0.2) is 0 Å². The smallest absolute Gasteiger partial charge is 0.332 e. The van der Waals surface area contributed by atoms with E-state index in [0.717, 1.165) is 23.8 Å². The fourth-order valence-corrected chi connectivity index (χ4v) is 3.72. The maximum Gasteiger partial charge on any atom is 0.332 e. The van der Waals surface area contributed by atoms with Gasteiger partial charge in [0.1, 0.15) is 23.7 Å². The summed E-state index contributed by atoms with van der Waals surface area (Å²) >= 11 is 0. The number of piperidine rings is 1. The normalized spacial score (nSPS) is 19.3. The van der Waals surface area contributed by atoms with E-state index >= 15 is 0 Å². The Morgan fingerprint density at radius 1 is 1.24 bits per heavy atom. The second-order valence-electron chi connectivity index (χ2n) is 6.90. The van der Waals surface area contributed by atoms with Crippen molar-refractivity contribution in [1.82, 2.24) is 4.90 Å². The number of nitrogens with zero attached hydrogens (tertiary/aromatic N) is 3. The number of anilines is 1. The van der Waals surface area contributed by atoms with Crippen molar-refractivity contribution in [3.8, 4) is 11.8 Å². The summed E-state index contributed by atoms with van der Waals surface area (Å²) in [5.74, 6) is -2.88. The van der Waals surface area contributed by atoms with Gasteiger partial charge in [-0.15, -0.1) is 0 Å². The molecule has 0 bridgehead atoms. The Kier molecular flexibility index (Phi) is 6.05. The van der Waals surface area contributed by atoms with Gasteiger partial charge in [0, 0.05) is 19.5 Å². The van der Waals surface area contributed by atoms with Crippen LogP contribution in [0.3, 0.4) is 0 Å². The fourth-order valence-electron chi connectivity index (χ4n) is 3.72. The van der Waals surface area contributed by atoms with E-state index in [1.165, 1.54) is 17.9 Å². The van der Waals surface area contributed by atoms with Crippen molar-refractivity contribution in [2.45, 2.75) is 52.0 Å². The van der Waals surface area contributed by atoms with Crippen LogP contribution in [0.5, 0.6) is 5.75 Å². The minimum absolute atomic E-state index is 0.0428. The zero-order valence-corrected chi connectivity index (χ0v) is 16.7. The topological polar surface area (TPSA) is 92.1 Å². The third-order valence-corrected chi connectivity index (χ3v) is 4.96. The van der Waals surface area contributed by atoms with Crippen LogP contribution < -0.4 is 9.64 Å². The quantitative estimate of drug-likeness (QED) is 0.511. The molecule has 9 heteroatoms. The lowest BCUT2D eigenvalue weighted by atomic mass is 10.0. The second-order valence-corrected chi connectivity index (χ2v) is 6.90. The highest BCUT2D eigenvalue weighted by Crippen LogP contribution is 2.36. The van der Waals surface area contributed by atoms with E-state index in [-0.39, 0.29) is 30.2 Å². The highest BCUT2D eigenvalue weighted by molar-refractivity contribution is 6.21. The number of urea groups is 1. The summed E-state index contributed by atoms with van der Waals surface area (Å²) in [6.45, 7) is 6.02. The number of amides is 3. The van der Waals surface area contributed by atoms with Gasteiger partial charge in [-0.05, 0) is 39.2 Å². The third-order valence-electron chi connectivity index (χ3n) is 4.96. The lowest BCUT2D eigenvalue weighted by Crippen LogP contribution is -2.39. The zero-order chi connectivity index (χ0) is 21.2. The van der Waals surface area contributed by atoms with Crippen LogP contribution >= 0.6 is 0 Å². The maximum absolute atomic E-state index is 14.8. The number of benzene rings is 1. The largest absolute Gasteiger partial charge is 0.438 e. The van der Waals surface area contributed by atoms with Crippen molar-refractivity contribution in [1.29, 1.82) is 5.26 Å². The van der Waals surface area contributed by atoms with E-state index in [2.05, 4.69) is 0 Å². The number of ether oxygens (including phenoxy) is 3. The summed E-state index contributed by atoms with van der Waals surface area (Å²) < 4.78 is 31.5. The van der Waals surface area contributed by atoms with Crippen LogP contribution in [0.1, 0.15) is 45.6 Å². The summed E-state index contributed by atoms with van der Waals surface area (Å²) in [6, 6.07) is 2.84. The number of hydrogen-bond donors (Lipinski definition) is 0. The molecule has 1 aromatic rings. The molecule has 156 valence electrons. The molecule has 3 rings (SSSR count). The van der Waals surface area contributed by atoms with Gasteiger partial charge < -0.3 is 19.1 Å². The van der Waals surface area contributed by atoms with Crippen LogP contribution in [-0.2, 0) is 14.3 Å². The SMILES string of the molecule is CCOC(C)(OCC)Oc1cc(N2C(=O)C3CCCCN3C2=O)c(F)cc1C#N. The molecule has 3 amide bonds. The Balaban J connectivity index is 2.01. The van der Waals surface area contributed by atoms with Crippen molar-refractivity contribution in [3.63, 3.8) is 0 Å². The van der Waals surface area contributed by atoms with Gasteiger partial charge in [-0.1, -0.05) is 0 Å². The number of nitriles is 1. The molecular formula is C20H24FN3O5. The van der Waals surface area contributed by atoms with Crippen molar-refractivity contribution >= 4 is 17.6 Å². The third kappa shape index (κ3) is 3.91. The Morgan fingerprint density at radius 2 is 1.93 bits per heavy atom.